The van der Waals surface area contributed by atoms with Crippen LogP contribution < -0.4 is 10.6 Å². The number of aryl methyl sites for hydroxylation is 2. The molecule has 0 saturated heterocycles. The molecule has 0 amide bonds. The SMILES string of the molecule is CCNC(=NCC(C)(O)c1ccsc1)NCC(C)Cn1nc(C)cc1C. The largest absolute Gasteiger partial charge is 0.383 e. The van der Waals surface area contributed by atoms with Crippen LogP contribution in [0.2, 0.25) is 0 Å². The monoisotopic (exact) mass is 377 g/mol. The standard InChI is InChI=1S/C19H31N5OS/c1-6-20-18(22-13-19(5,25)17-7-8-26-12-17)21-10-14(2)11-24-16(4)9-15(3)23-24/h7-9,12,14,25H,6,10-11,13H2,1-5H3,(H2,20,21,22). The van der Waals surface area contributed by atoms with E-state index in [1.165, 1.54) is 5.69 Å². The van der Waals surface area contributed by atoms with Crippen molar-refractivity contribution in [1.29, 1.82) is 0 Å². The highest BCUT2D eigenvalue weighted by Gasteiger charge is 2.23. The van der Waals surface area contributed by atoms with Crippen LogP contribution >= 0.6 is 11.3 Å². The predicted octanol–water partition coefficient (Wildman–Crippen LogP) is 2.66. The Balaban J connectivity index is 1.91. The second kappa shape index (κ2) is 9.19. The lowest BCUT2D eigenvalue weighted by atomic mass is 10.00. The number of thiophene rings is 1. The molecule has 0 spiro atoms. The highest BCUT2D eigenvalue weighted by molar-refractivity contribution is 7.08. The number of nitrogens with one attached hydrogen (secondary N) is 2. The molecule has 144 valence electrons. The summed E-state index contributed by atoms with van der Waals surface area (Å²) in [5.74, 6) is 1.12. The molecule has 6 nitrogen and oxygen atoms in total. The van der Waals surface area contributed by atoms with E-state index in [1.54, 1.807) is 18.3 Å². The summed E-state index contributed by atoms with van der Waals surface area (Å²) in [6.07, 6.45) is 0. The van der Waals surface area contributed by atoms with Crippen molar-refractivity contribution in [2.45, 2.75) is 46.8 Å². The number of guanidine groups is 1. The molecule has 2 aromatic heterocycles. The van der Waals surface area contributed by atoms with E-state index in [2.05, 4.69) is 40.6 Å². The van der Waals surface area contributed by atoms with Crippen LogP contribution in [-0.2, 0) is 12.1 Å². The maximum absolute atomic E-state index is 10.6. The van der Waals surface area contributed by atoms with Crippen molar-refractivity contribution in [3.63, 3.8) is 0 Å². The Bertz CT molecular complexity index is 706. The van der Waals surface area contributed by atoms with Gasteiger partial charge in [0.15, 0.2) is 5.96 Å². The Morgan fingerprint density at radius 3 is 2.77 bits per heavy atom. The van der Waals surface area contributed by atoms with Crippen molar-refractivity contribution in [2.75, 3.05) is 19.6 Å². The summed E-state index contributed by atoms with van der Waals surface area (Å²) in [7, 11) is 0. The van der Waals surface area contributed by atoms with Gasteiger partial charge in [0.1, 0.15) is 5.60 Å². The molecule has 0 saturated carbocycles. The number of rotatable bonds is 8. The van der Waals surface area contributed by atoms with Gasteiger partial charge >= 0.3 is 0 Å². The lowest BCUT2D eigenvalue weighted by molar-refractivity contribution is 0.0677. The summed E-state index contributed by atoms with van der Waals surface area (Å²) in [6.45, 7) is 12.8. The van der Waals surface area contributed by atoms with Crippen LogP contribution in [-0.4, -0.2) is 40.5 Å². The van der Waals surface area contributed by atoms with E-state index < -0.39 is 5.60 Å². The summed E-state index contributed by atoms with van der Waals surface area (Å²) >= 11 is 1.58. The molecule has 0 radical (unpaired) electrons. The van der Waals surface area contributed by atoms with Gasteiger partial charge in [-0.15, -0.1) is 0 Å². The smallest absolute Gasteiger partial charge is 0.191 e. The van der Waals surface area contributed by atoms with Crippen LogP contribution in [0.4, 0.5) is 0 Å². The Morgan fingerprint density at radius 1 is 1.42 bits per heavy atom. The Hall–Kier alpha value is -1.86. The minimum absolute atomic E-state index is 0.310. The third kappa shape index (κ3) is 5.85. The summed E-state index contributed by atoms with van der Waals surface area (Å²) in [6, 6.07) is 4.04. The second-order valence-electron chi connectivity index (χ2n) is 7.08. The van der Waals surface area contributed by atoms with Gasteiger partial charge < -0.3 is 15.7 Å². The van der Waals surface area contributed by atoms with Crippen LogP contribution in [0.15, 0.2) is 27.9 Å². The van der Waals surface area contributed by atoms with Crippen molar-refractivity contribution in [1.82, 2.24) is 20.4 Å². The van der Waals surface area contributed by atoms with E-state index >= 15 is 0 Å². The first-order chi connectivity index (χ1) is 12.3. The average Bonchev–Trinajstić information content (AvgIpc) is 3.21. The van der Waals surface area contributed by atoms with E-state index in [4.69, 9.17) is 0 Å². The highest BCUT2D eigenvalue weighted by Crippen LogP contribution is 2.23. The Labute approximate surface area is 160 Å². The van der Waals surface area contributed by atoms with Gasteiger partial charge in [0.25, 0.3) is 0 Å². The molecule has 0 fully saturated rings. The second-order valence-corrected chi connectivity index (χ2v) is 7.86. The van der Waals surface area contributed by atoms with Crippen LogP contribution in [0, 0.1) is 19.8 Å². The number of aromatic nitrogens is 2. The van der Waals surface area contributed by atoms with Gasteiger partial charge in [-0.05, 0) is 62.1 Å². The molecule has 26 heavy (non-hydrogen) atoms. The van der Waals surface area contributed by atoms with Gasteiger partial charge in [-0.25, -0.2) is 4.99 Å². The fraction of sp³-hybridized carbons (Fsp3) is 0.579. The molecular formula is C19H31N5OS. The van der Waals surface area contributed by atoms with Crippen LogP contribution in [0.3, 0.4) is 0 Å². The molecule has 2 rings (SSSR count). The minimum Gasteiger partial charge on any atom is -0.383 e. The zero-order valence-corrected chi connectivity index (χ0v) is 17.2. The Kier molecular flexibility index (Phi) is 7.23. The number of hydrogen-bond donors (Lipinski definition) is 3. The zero-order chi connectivity index (χ0) is 19.2. The van der Waals surface area contributed by atoms with E-state index in [0.717, 1.165) is 36.9 Å². The lowest BCUT2D eigenvalue weighted by Gasteiger charge is -2.22. The first-order valence-corrected chi connectivity index (χ1v) is 10.0. The average molecular weight is 378 g/mol. The van der Waals surface area contributed by atoms with Gasteiger partial charge in [-0.2, -0.15) is 16.4 Å². The first-order valence-electron chi connectivity index (χ1n) is 9.10. The molecular weight excluding hydrogens is 346 g/mol. The first kappa shape index (κ1) is 20.5. The molecule has 0 bridgehead atoms. The van der Waals surface area contributed by atoms with Crippen LogP contribution in [0.25, 0.3) is 0 Å². The molecule has 2 aromatic rings. The normalized spacial score (nSPS) is 15.5. The number of aliphatic hydroxyl groups is 1. The van der Waals surface area contributed by atoms with Crippen molar-refractivity contribution in [3.05, 3.63) is 39.8 Å². The minimum atomic E-state index is -0.961. The van der Waals surface area contributed by atoms with Gasteiger partial charge in [0.05, 0.1) is 12.2 Å². The van der Waals surface area contributed by atoms with E-state index in [9.17, 15) is 5.11 Å². The van der Waals surface area contributed by atoms with E-state index in [0.29, 0.717) is 12.5 Å². The van der Waals surface area contributed by atoms with Gasteiger partial charge in [-0.1, -0.05) is 6.92 Å². The van der Waals surface area contributed by atoms with Crippen molar-refractivity contribution >= 4 is 17.3 Å². The van der Waals surface area contributed by atoms with Crippen molar-refractivity contribution in [3.8, 4) is 0 Å². The molecule has 2 heterocycles. The van der Waals surface area contributed by atoms with Gasteiger partial charge in [0.2, 0.25) is 0 Å². The van der Waals surface area contributed by atoms with Gasteiger partial charge in [0, 0.05) is 25.3 Å². The maximum Gasteiger partial charge on any atom is 0.191 e. The summed E-state index contributed by atoms with van der Waals surface area (Å²) in [5.41, 5.74) is 2.17. The molecule has 2 unspecified atom stereocenters. The molecule has 0 aliphatic carbocycles. The van der Waals surface area contributed by atoms with E-state index in [1.807, 2.05) is 35.4 Å². The predicted molar refractivity (Wildman–Crippen MR) is 109 cm³/mol. The summed E-state index contributed by atoms with van der Waals surface area (Å²) < 4.78 is 2.05. The summed E-state index contributed by atoms with van der Waals surface area (Å²) in [4.78, 5) is 4.57. The van der Waals surface area contributed by atoms with Crippen LogP contribution in [0.1, 0.15) is 37.7 Å². The van der Waals surface area contributed by atoms with Crippen molar-refractivity contribution in [2.24, 2.45) is 10.9 Å². The molecule has 2 atom stereocenters. The lowest BCUT2D eigenvalue weighted by Crippen LogP contribution is -2.41. The quantitative estimate of drug-likeness (QED) is 0.488. The highest BCUT2D eigenvalue weighted by atomic mass is 32.1. The molecule has 0 aliphatic heterocycles. The Morgan fingerprint density at radius 2 is 2.19 bits per heavy atom. The fourth-order valence-corrected chi connectivity index (χ4v) is 3.51. The maximum atomic E-state index is 10.6. The zero-order valence-electron chi connectivity index (χ0n) is 16.4. The molecule has 0 aromatic carbocycles. The third-order valence-corrected chi connectivity index (χ3v) is 4.92. The topological polar surface area (TPSA) is 74.5 Å². The molecule has 7 heteroatoms. The molecule has 0 aliphatic rings. The molecule has 3 N–H and O–H groups in total. The van der Waals surface area contributed by atoms with Crippen LogP contribution in [0.5, 0.6) is 0 Å². The number of aliphatic imine (C=N–C) groups is 1. The van der Waals surface area contributed by atoms with Gasteiger partial charge in [-0.3, -0.25) is 4.68 Å². The fourth-order valence-electron chi connectivity index (χ4n) is 2.73. The number of hydrogen-bond acceptors (Lipinski definition) is 4. The van der Waals surface area contributed by atoms with E-state index in [-0.39, 0.29) is 0 Å². The van der Waals surface area contributed by atoms with Crippen molar-refractivity contribution < 1.29 is 5.11 Å². The third-order valence-electron chi connectivity index (χ3n) is 4.24. The number of nitrogens with zero attached hydrogens (tertiary/aromatic N) is 3. The summed E-state index contributed by atoms with van der Waals surface area (Å²) in [5, 5.41) is 25.7.